The third-order valence-corrected chi connectivity index (χ3v) is 10.8. The minimum Gasteiger partial charge on any atom is -0.0800 e. The minimum absolute atomic E-state index is 0.643. The van der Waals surface area contributed by atoms with Gasteiger partial charge in [0.1, 0.15) is 0 Å². The molecule has 0 nitrogen and oxygen atoms in total. The summed E-state index contributed by atoms with van der Waals surface area (Å²) in [5, 5.41) is 0. The second-order valence-corrected chi connectivity index (χ2v) is 13.0. The van der Waals surface area contributed by atoms with Crippen molar-refractivity contribution in [1.29, 1.82) is 0 Å². The van der Waals surface area contributed by atoms with Crippen LogP contribution in [0.5, 0.6) is 0 Å². The third kappa shape index (κ3) is 2.91. The van der Waals surface area contributed by atoms with Gasteiger partial charge in [-0.25, -0.2) is 0 Å². The van der Waals surface area contributed by atoms with Gasteiger partial charge in [-0.1, -0.05) is 72.8 Å². The molecule has 1 heteroatoms. The van der Waals surface area contributed by atoms with Gasteiger partial charge >= 0.3 is 0 Å². The number of benzene rings is 1. The van der Waals surface area contributed by atoms with E-state index in [-0.39, 0.29) is 0 Å². The van der Waals surface area contributed by atoms with Gasteiger partial charge in [0.15, 0.2) is 0 Å². The molecule has 1 aromatic rings. The monoisotopic (exact) mass is 334 g/mol. The normalized spacial score (nSPS) is 21.9. The molecule has 126 valence electrons. The van der Waals surface area contributed by atoms with Gasteiger partial charge in [-0.15, -0.1) is 0 Å². The highest BCUT2D eigenvalue weighted by Gasteiger charge is 2.43. The van der Waals surface area contributed by atoms with E-state index in [1.54, 1.807) is 11.1 Å². The number of rotatable bonds is 4. The van der Waals surface area contributed by atoms with E-state index in [0.717, 1.165) is 6.42 Å². The van der Waals surface area contributed by atoms with Gasteiger partial charge in [0.2, 0.25) is 0 Å². The van der Waals surface area contributed by atoms with Crippen molar-refractivity contribution >= 4 is 8.07 Å². The van der Waals surface area contributed by atoms with Gasteiger partial charge in [-0.05, 0) is 67.5 Å². The first kappa shape index (κ1) is 17.2. The average Bonchev–Trinajstić information content (AvgIpc) is 3.09. The van der Waals surface area contributed by atoms with Crippen LogP contribution in [0, 0.1) is 0 Å². The zero-order valence-electron chi connectivity index (χ0n) is 16.0. The molecule has 0 radical (unpaired) electrons. The first-order valence-corrected chi connectivity index (χ1v) is 12.3. The summed E-state index contributed by atoms with van der Waals surface area (Å²) in [6, 6.07) is 10.8. The Balaban J connectivity index is 1.83. The summed E-state index contributed by atoms with van der Waals surface area (Å²) in [4.78, 5) is 0. The van der Waals surface area contributed by atoms with Crippen LogP contribution in [-0.2, 0) is 6.42 Å². The van der Waals surface area contributed by atoms with Crippen LogP contribution in [0.2, 0.25) is 24.2 Å². The fourth-order valence-corrected chi connectivity index (χ4v) is 8.92. The Morgan fingerprint density at radius 2 is 1.46 bits per heavy atom. The molecule has 1 unspecified atom stereocenters. The highest BCUT2D eigenvalue weighted by Crippen LogP contribution is 2.51. The molecular formula is C23H30Si. The lowest BCUT2D eigenvalue weighted by molar-refractivity contribution is 1.03. The predicted molar refractivity (Wildman–Crippen MR) is 109 cm³/mol. The SMILES string of the molecule is CC1=C(C)C([Si](C)(C)C2C=CC(Cc3ccccc3)=C2)C(C)=C1C. The van der Waals surface area contributed by atoms with E-state index < -0.39 is 8.07 Å². The Hall–Kier alpha value is -1.60. The maximum atomic E-state index is 2.58. The third-order valence-electron chi connectivity index (χ3n) is 6.38. The summed E-state index contributed by atoms with van der Waals surface area (Å²) < 4.78 is 0. The molecule has 0 fully saturated rings. The molecule has 3 rings (SSSR count). The maximum Gasteiger partial charge on any atom is 0.0706 e. The van der Waals surface area contributed by atoms with Gasteiger partial charge in [0, 0.05) is 0 Å². The Morgan fingerprint density at radius 3 is 2.04 bits per heavy atom. The highest BCUT2D eigenvalue weighted by molar-refractivity contribution is 6.82. The van der Waals surface area contributed by atoms with Crippen molar-refractivity contribution in [3.05, 3.63) is 82.0 Å². The zero-order chi connectivity index (χ0) is 17.5. The lowest BCUT2D eigenvalue weighted by Crippen LogP contribution is -2.37. The number of allylic oxidation sites excluding steroid dienone is 8. The van der Waals surface area contributed by atoms with E-state index in [0.29, 0.717) is 11.1 Å². The summed E-state index contributed by atoms with van der Waals surface area (Å²) in [5.74, 6) is 0. The van der Waals surface area contributed by atoms with Crippen molar-refractivity contribution in [2.75, 3.05) is 0 Å². The maximum absolute atomic E-state index is 2.58. The Morgan fingerprint density at radius 1 is 0.875 bits per heavy atom. The summed E-state index contributed by atoms with van der Waals surface area (Å²) in [7, 11) is -1.48. The average molecular weight is 335 g/mol. The molecule has 0 aromatic heterocycles. The van der Waals surface area contributed by atoms with E-state index in [9.17, 15) is 0 Å². The number of hydrogen-bond donors (Lipinski definition) is 0. The molecule has 0 N–H and O–H groups in total. The molecule has 0 spiro atoms. The Labute approximate surface area is 148 Å². The zero-order valence-corrected chi connectivity index (χ0v) is 17.0. The van der Waals surface area contributed by atoms with Crippen LogP contribution in [0.15, 0.2) is 76.4 Å². The van der Waals surface area contributed by atoms with Crippen molar-refractivity contribution in [3.63, 3.8) is 0 Å². The van der Waals surface area contributed by atoms with Crippen LogP contribution in [0.25, 0.3) is 0 Å². The quantitative estimate of drug-likeness (QED) is 0.528. The minimum atomic E-state index is -1.48. The van der Waals surface area contributed by atoms with Crippen LogP contribution >= 0.6 is 0 Å². The molecule has 0 saturated carbocycles. The first-order chi connectivity index (χ1) is 11.3. The fraction of sp³-hybridized carbons (Fsp3) is 0.391. The highest BCUT2D eigenvalue weighted by atomic mass is 28.3. The smallest absolute Gasteiger partial charge is 0.0706 e. The topological polar surface area (TPSA) is 0 Å². The molecule has 1 aromatic carbocycles. The first-order valence-electron chi connectivity index (χ1n) is 9.10. The van der Waals surface area contributed by atoms with Crippen LogP contribution in [-0.4, -0.2) is 8.07 Å². The summed E-state index contributed by atoms with van der Waals surface area (Å²) in [6.07, 6.45) is 8.47. The van der Waals surface area contributed by atoms with Crippen molar-refractivity contribution in [2.45, 2.75) is 58.3 Å². The van der Waals surface area contributed by atoms with Crippen LogP contribution in [0.1, 0.15) is 33.3 Å². The van der Waals surface area contributed by atoms with Gasteiger partial charge in [0.05, 0.1) is 8.07 Å². The second kappa shape index (κ2) is 6.37. The summed E-state index contributed by atoms with van der Waals surface area (Å²) in [6.45, 7) is 14.5. The van der Waals surface area contributed by atoms with E-state index >= 15 is 0 Å². The van der Waals surface area contributed by atoms with Crippen molar-refractivity contribution in [1.82, 2.24) is 0 Å². The van der Waals surface area contributed by atoms with Crippen molar-refractivity contribution in [3.8, 4) is 0 Å². The molecule has 24 heavy (non-hydrogen) atoms. The number of hydrogen-bond acceptors (Lipinski definition) is 0. The van der Waals surface area contributed by atoms with Gasteiger partial charge in [-0.3, -0.25) is 0 Å². The molecule has 0 saturated heterocycles. The summed E-state index contributed by atoms with van der Waals surface area (Å²) in [5.41, 5.74) is 10.6. The molecule has 0 amide bonds. The standard InChI is InChI=1S/C23H30Si/c1-16-17(2)19(4)23(18(16)3)24(5,6)22-13-12-21(15-22)14-20-10-8-7-9-11-20/h7-13,15,22-23H,14H2,1-6H3. The molecular weight excluding hydrogens is 304 g/mol. The molecule has 1 atom stereocenters. The van der Waals surface area contributed by atoms with Gasteiger partial charge in [-0.2, -0.15) is 0 Å². The Bertz CT molecular complexity index is 732. The fourth-order valence-electron chi connectivity index (χ4n) is 4.64. The molecule has 0 bridgehead atoms. The van der Waals surface area contributed by atoms with Crippen LogP contribution in [0.3, 0.4) is 0 Å². The molecule has 2 aliphatic rings. The van der Waals surface area contributed by atoms with Crippen molar-refractivity contribution < 1.29 is 0 Å². The van der Waals surface area contributed by atoms with Crippen molar-refractivity contribution in [2.24, 2.45) is 0 Å². The van der Waals surface area contributed by atoms with Gasteiger partial charge < -0.3 is 0 Å². The largest absolute Gasteiger partial charge is 0.0800 e. The lowest BCUT2D eigenvalue weighted by Gasteiger charge is -2.36. The van der Waals surface area contributed by atoms with E-state index in [2.05, 4.69) is 89.3 Å². The second-order valence-electron chi connectivity index (χ2n) is 8.16. The van der Waals surface area contributed by atoms with E-state index in [1.165, 1.54) is 22.3 Å². The van der Waals surface area contributed by atoms with Crippen LogP contribution < -0.4 is 0 Å². The lowest BCUT2D eigenvalue weighted by atomic mass is 10.1. The molecule has 2 aliphatic carbocycles. The summed E-state index contributed by atoms with van der Waals surface area (Å²) >= 11 is 0. The van der Waals surface area contributed by atoms with E-state index in [1.807, 2.05) is 0 Å². The molecule has 0 heterocycles. The van der Waals surface area contributed by atoms with Crippen LogP contribution in [0.4, 0.5) is 0 Å². The van der Waals surface area contributed by atoms with Gasteiger partial charge in [0.25, 0.3) is 0 Å². The molecule has 0 aliphatic heterocycles. The Kier molecular flexibility index (Phi) is 4.57. The van der Waals surface area contributed by atoms with E-state index in [4.69, 9.17) is 0 Å². The predicted octanol–water partition coefficient (Wildman–Crippen LogP) is 6.86.